The Morgan fingerprint density at radius 1 is 1.04 bits per heavy atom. The maximum atomic E-state index is 11.2. The average molecular weight is 339 g/mol. The molecular formula is C20H21NO4. The lowest BCUT2D eigenvalue weighted by Gasteiger charge is -2.08. The van der Waals surface area contributed by atoms with E-state index >= 15 is 0 Å². The molecule has 0 aliphatic rings. The van der Waals surface area contributed by atoms with Gasteiger partial charge in [-0.1, -0.05) is 18.2 Å². The molecule has 3 aromatic rings. The molecule has 3 rings (SSSR count). The predicted octanol–water partition coefficient (Wildman–Crippen LogP) is 3.83. The van der Waals surface area contributed by atoms with Gasteiger partial charge in [-0.2, -0.15) is 0 Å². The van der Waals surface area contributed by atoms with Crippen LogP contribution in [0.2, 0.25) is 0 Å². The van der Waals surface area contributed by atoms with E-state index in [9.17, 15) is 15.0 Å². The van der Waals surface area contributed by atoms with Crippen LogP contribution in [0, 0.1) is 0 Å². The smallest absolute Gasteiger partial charge is 0.217 e. The zero-order valence-corrected chi connectivity index (χ0v) is 14.2. The number of rotatable bonds is 5. The first kappa shape index (κ1) is 16.9. The molecule has 0 bridgehead atoms. The van der Waals surface area contributed by atoms with Crippen molar-refractivity contribution in [2.75, 3.05) is 0 Å². The van der Waals surface area contributed by atoms with Gasteiger partial charge < -0.3 is 19.9 Å². The molecule has 0 aliphatic carbocycles. The van der Waals surface area contributed by atoms with Crippen molar-refractivity contribution in [3.63, 3.8) is 0 Å². The minimum atomic E-state index is -0.173. The van der Waals surface area contributed by atoms with E-state index in [1.54, 1.807) is 12.1 Å². The number of phenols is 2. The van der Waals surface area contributed by atoms with Crippen LogP contribution in [0.25, 0.3) is 11.0 Å². The molecule has 0 spiro atoms. The number of aryl methyl sites for hydroxylation is 2. The molecular weight excluding hydrogens is 318 g/mol. The topological polar surface area (TPSA) is 82.7 Å². The van der Waals surface area contributed by atoms with Gasteiger partial charge in [-0.25, -0.2) is 0 Å². The van der Waals surface area contributed by atoms with E-state index in [0.29, 0.717) is 0 Å². The van der Waals surface area contributed by atoms with E-state index in [1.807, 2.05) is 31.2 Å². The molecule has 1 aromatic heterocycles. The van der Waals surface area contributed by atoms with Crippen molar-refractivity contribution in [3.8, 4) is 11.5 Å². The van der Waals surface area contributed by atoms with Crippen LogP contribution in [0.1, 0.15) is 36.8 Å². The van der Waals surface area contributed by atoms with Crippen molar-refractivity contribution in [3.05, 3.63) is 59.4 Å². The summed E-state index contributed by atoms with van der Waals surface area (Å²) in [5.41, 5.74) is 2.86. The fourth-order valence-corrected chi connectivity index (χ4v) is 2.85. The van der Waals surface area contributed by atoms with E-state index < -0.39 is 0 Å². The summed E-state index contributed by atoms with van der Waals surface area (Å²) in [6.07, 6.45) is 1.53. The predicted molar refractivity (Wildman–Crippen MR) is 95.6 cm³/mol. The van der Waals surface area contributed by atoms with E-state index in [2.05, 4.69) is 5.32 Å². The van der Waals surface area contributed by atoms with Gasteiger partial charge >= 0.3 is 0 Å². The minimum Gasteiger partial charge on any atom is -0.504 e. The number of nitrogens with one attached hydrogen (secondary N) is 1. The monoisotopic (exact) mass is 339 g/mol. The molecule has 0 saturated heterocycles. The first-order valence-electron chi connectivity index (χ1n) is 8.22. The number of carbonyl (C=O) groups excluding carboxylic acids is 1. The summed E-state index contributed by atoms with van der Waals surface area (Å²) in [6.45, 7) is 3.37. The van der Waals surface area contributed by atoms with Gasteiger partial charge in [-0.15, -0.1) is 0 Å². The molecule has 0 fully saturated rings. The molecule has 0 saturated carbocycles. The van der Waals surface area contributed by atoms with Crippen LogP contribution >= 0.6 is 0 Å². The van der Waals surface area contributed by atoms with Crippen molar-refractivity contribution in [1.29, 1.82) is 0 Å². The van der Waals surface area contributed by atoms with Gasteiger partial charge in [-0.05, 0) is 55.2 Å². The van der Waals surface area contributed by atoms with Gasteiger partial charge in [0.25, 0.3) is 0 Å². The number of hydrogen-bond acceptors (Lipinski definition) is 4. The van der Waals surface area contributed by atoms with Crippen molar-refractivity contribution >= 4 is 16.9 Å². The summed E-state index contributed by atoms with van der Waals surface area (Å²) in [5.74, 6) is 0.425. The molecule has 1 amide bonds. The van der Waals surface area contributed by atoms with Crippen LogP contribution in [-0.2, 0) is 17.6 Å². The molecule has 0 radical (unpaired) electrons. The van der Waals surface area contributed by atoms with Crippen molar-refractivity contribution in [1.82, 2.24) is 5.32 Å². The Balaban J connectivity index is 1.74. The molecule has 5 heteroatoms. The maximum Gasteiger partial charge on any atom is 0.217 e. The Kier molecular flexibility index (Phi) is 4.65. The van der Waals surface area contributed by atoms with Crippen molar-refractivity contribution < 1.29 is 19.4 Å². The molecule has 2 aromatic carbocycles. The van der Waals surface area contributed by atoms with Crippen LogP contribution in [0.5, 0.6) is 11.5 Å². The Morgan fingerprint density at radius 2 is 1.72 bits per heavy atom. The number of benzene rings is 2. The number of hydrogen-bond donors (Lipinski definition) is 3. The van der Waals surface area contributed by atoms with Crippen LogP contribution in [-0.4, -0.2) is 16.1 Å². The molecule has 130 valence electrons. The van der Waals surface area contributed by atoms with Gasteiger partial charge in [0.2, 0.25) is 5.91 Å². The standard InChI is InChI=1S/C20H21NO4/c1-12(21-13(2)22)19-11-16-7-5-15(10-20(16)25-19)4-3-14-6-8-17(23)18(24)9-14/h5-12,23-24H,3-4H2,1-2H3,(H,21,22). The van der Waals surface area contributed by atoms with E-state index in [-0.39, 0.29) is 23.4 Å². The number of phenolic OH excluding ortho intramolecular Hbond substituents is 2. The highest BCUT2D eigenvalue weighted by molar-refractivity contribution is 5.79. The largest absolute Gasteiger partial charge is 0.504 e. The van der Waals surface area contributed by atoms with Gasteiger partial charge in [0.1, 0.15) is 11.3 Å². The fourth-order valence-electron chi connectivity index (χ4n) is 2.85. The average Bonchev–Trinajstić information content (AvgIpc) is 2.99. The molecule has 1 heterocycles. The molecule has 3 N–H and O–H groups in total. The zero-order valence-electron chi connectivity index (χ0n) is 14.2. The quantitative estimate of drug-likeness (QED) is 0.617. The van der Waals surface area contributed by atoms with Crippen molar-refractivity contribution in [2.24, 2.45) is 0 Å². The highest BCUT2D eigenvalue weighted by Gasteiger charge is 2.12. The first-order valence-corrected chi connectivity index (χ1v) is 8.22. The van der Waals surface area contributed by atoms with E-state index in [4.69, 9.17) is 4.42 Å². The molecule has 1 atom stereocenters. The highest BCUT2D eigenvalue weighted by Crippen LogP contribution is 2.27. The van der Waals surface area contributed by atoms with Crippen LogP contribution in [0.3, 0.4) is 0 Å². The Labute approximate surface area is 145 Å². The SMILES string of the molecule is CC(=O)NC(C)c1cc2ccc(CCc3ccc(O)c(O)c3)cc2o1. The third-order valence-corrected chi connectivity index (χ3v) is 4.19. The lowest BCUT2D eigenvalue weighted by atomic mass is 10.0. The van der Waals surface area contributed by atoms with Crippen LogP contribution < -0.4 is 5.32 Å². The Bertz CT molecular complexity index is 913. The van der Waals surface area contributed by atoms with Crippen LogP contribution in [0.15, 0.2) is 46.9 Å². The van der Waals surface area contributed by atoms with Crippen molar-refractivity contribution in [2.45, 2.75) is 32.7 Å². The molecule has 1 unspecified atom stereocenters. The first-order chi connectivity index (χ1) is 11.9. The summed E-state index contributed by atoms with van der Waals surface area (Å²) in [5, 5.41) is 22.7. The fraction of sp³-hybridized carbons (Fsp3) is 0.250. The molecule has 0 aliphatic heterocycles. The second-order valence-corrected chi connectivity index (χ2v) is 6.27. The third kappa shape index (κ3) is 3.94. The molecule has 5 nitrogen and oxygen atoms in total. The summed E-state index contributed by atoms with van der Waals surface area (Å²) >= 11 is 0. The minimum absolute atomic E-state index is 0.0919. The number of amides is 1. The molecule has 25 heavy (non-hydrogen) atoms. The Hall–Kier alpha value is -2.95. The van der Waals surface area contributed by atoms with E-state index in [0.717, 1.165) is 40.7 Å². The normalized spacial score (nSPS) is 12.2. The Morgan fingerprint density at radius 3 is 2.40 bits per heavy atom. The van der Waals surface area contributed by atoms with Gasteiger partial charge in [0, 0.05) is 12.3 Å². The zero-order chi connectivity index (χ0) is 18.0. The lowest BCUT2D eigenvalue weighted by molar-refractivity contribution is -0.119. The number of fused-ring (bicyclic) bond motifs is 1. The summed E-state index contributed by atoms with van der Waals surface area (Å²) < 4.78 is 5.87. The summed E-state index contributed by atoms with van der Waals surface area (Å²) in [4.78, 5) is 11.2. The van der Waals surface area contributed by atoms with Gasteiger partial charge in [0.15, 0.2) is 11.5 Å². The number of aromatic hydroxyl groups is 2. The van der Waals surface area contributed by atoms with Gasteiger partial charge in [0.05, 0.1) is 6.04 Å². The summed E-state index contributed by atoms with van der Waals surface area (Å²) in [7, 11) is 0. The maximum absolute atomic E-state index is 11.2. The van der Waals surface area contributed by atoms with E-state index in [1.165, 1.54) is 13.0 Å². The number of furan rings is 1. The second-order valence-electron chi connectivity index (χ2n) is 6.27. The lowest BCUT2D eigenvalue weighted by Crippen LogP contribution is -2.23. The number of carbonyl (C=O) groups is 1. The second kappa shape index (κ2) is 6.89. The third-order valence-electron chi connectivity index (χ3n) is 4.19. The summed E-state index contributed by atoms with van der Waals surface area (Å²) in [6, 6.07) is 12.7. The highest BCUT2D eigenvalue weighted by atomic mass is 16.3. The van der Waals surface area contributed by atoms with Gasteiger partial charge in [-0.3, -0.25) is 4.79 Å². The van der Waals surface area contributed by atoms with Crippen LogP contribution in [0.4, 0.5) is 0 Å².